The Hall–Kier alpha value is -2.79. The number of benzene rings is 2. The van der Waals surface area contributed by atoms with Crippen molar-refractivity contribution >= 4 is 23.3 Å². The van der Waals surface area contributed by atoms with Crippen LogP contribution in [0.25, 0.3) is 0 Å². The lowest BCUT2D eigenvalue weighted by molar-refractivity contribution is -0.122. The fraction of sp³-hybridized carbons (Fsp3) is 0.304. The van der Waals surface area contributed by atoms with E-state index in [1.807, 2.05) is 36.4 Å². The fourth-order valence-electron chi connectivity index (χ4n) is 4.31. The summed E-state index contributed by atoms with van der Waals surface area (Å²) >= 11 is 6.14. The highest BCUT2D eigenvalue weighted by Gasteiger charge is 2.38. The molecule has 1 N–H and O–H groups in total. The van der Waals surface area contributed by atoms with Crippen molar-refractivity contribution < 1.29 is 19.1 Å². The zero-order chi connectivity index (χ0) is 20.5. The molecule has 2 unspecified atom stereocenters. The van der Waals surface area contributed by atoms with Crippen molar-refractivity contribution in [2.45, 2.75) is 31.1 Å². The average Bonchev–Trinajstić information content (AvgIpc) is 2.72. The zero-order valence-corrected chi connectivity index (χ0v) is 17.1. The number of allylic oxidation sites excluding steroid dienone is 2. The number of nitrogens with one attached hydrogen (secondary N) is 1. The molecule has 2 atom stereocenters. The van der Waals surface area contributed by atoms with Crippen molar-refractivity contribution in [1.82, 2.24) is 5.32 Å². The monoisotopic (exact) mass is 411 g/mol. The van der Waals surface area contributed by atoms with Crippen LogP contribution < -0.4 is 14.8 Å². The number of methoxy groups -OCH3 is 2. The van der Waals surface area contributed by atoms with E-state index in [1.165, 1.54) is 0 Å². The van der Waals surface area contributed by atoms with Gasteiger partial charge in [-0.2, -0.15) is 0 Å². The Morgan fingerprint density at radius 1 is 0.931 bits per heavy atom. The summed E-state index contributed by atoms with van der Waals surface area (Å²) < 4.78 is 10.7. The van der Waals surface area contributed by atoms with Crippen LogP contribution in [0.3, 0.4) is 0 Å². The molecule has 2 aliphatic rings. The van der Waals surface area contributed by atoms with Crippen LogP contribution in [0.2, 0.25) is 5.02 Å². The molecule has 0 fully saturated rings. The van der Waals surface area contributed by atoms with Crippen LogP contribution in [-0.4, -0.2) is 25.9 Å². The average molecular weight is 412 g/mol. The normalized spacial score (nSPS) is 21.5. The molecule has 1 aliphatic carbocycles. The van der Waals surface area contributed by atoms with E-state index in [9.17, 15) is 9.59 Å². The number of ether oxygens (including phenoxy) is 2. The molecular weight excluding hydrogens is 390 g/mol. The fourth-order valence-corrected chi connectivity index (χ4v) is 4.51. The summed E-state index contributed by atoms with van der Waals surface area (Å²) in [5.41, 5.74) is 3.32. The van der Waals surface area contributed by atoms with Crippen LogP contribution in [0, 0.1) is 0 Å². The van der Waals surface area contributed by atoms with E-state index in [0.29, 0.717) is 34.9 Å². The molecule has 29 heavy (non-hydrogen) atoms. The molecule has 1 aliphatic heterocycles. The number of rotatable bonds is 4. The minimum absolute atomic E-state index is 0.0283. The van der Waals surface area contributed by atoms with E-state index in [0.717, 1.165) is 16.8 Å². The van der Waals surface area contributed by atoms with E-state index in [1.54, 1.807) is 20.3 Å². The molecule has 2 aromatic carbocycles. The Bertz CT molecular complexity index is 1010. The van der Waals surface area contributed by atoms with Gasteiger partial charge in [0.1, 0.15) is 0 Å². The minimum atomic E-state index is -0.253. The van der Waals surface area contributed by atoms with Crippen LogP contribution in [-0.2, 0) is 9.59 Å². The number of carbonyl (C=O) groups excluding carboxylic acids is 2. The van der Waals surface area contributed by atoms with E-state index in [4.69, 9.17) is 21.1 Å². The third-order valence-corrected chi connectivity index (χ3v) is 5.90. The SMILES string of the molecule is COc1ccc(C2CC(=O)C3=C(C2)NC(=O)CC3c2cccc(Cl)c2)cc1OC. The van der Waals surface area contributed by atoms with Gasteiger partial charge in [0.25, 0.3) is 0 Å². The van der Waals surface area contributed by atoms with Gasteiger partial charge >= 0.3 is 0 Å². The highest BCUT2D eigenvalue weighted by molar-refractivity contribution is 6.30. The molecule has 1 heterocycles. The Morgan fingerprint density at radius 2 is 1.72 bits per heavy atom. The van der Waals surface area contributed by atoms with Gasteiger partial charge in [-0.15, -0.1) is 0 Å². The quantitative estimate of drug-likeness (QED) is 0.811. The first kappa shape index (κ1) is 19.5. The maximum absolute atomic E-state index is 13.2. The molecule has 0 aromatic heterocycles. The summed E-state index contributed by atoms with van der Waals surface area (Å²) in [7, 11) is 3.18. The van der Waals surface area contributed by atoms with Gasteiger partial charge in [-0.25, -0.2) is 0 Å². The highest BCUT2D eigenvalue weighted by Crippen LogP contribution is 2.44. The van der Waals surface area contributed by atoms with Crippen molar-refractivity contribution in [3.05, 3.63) is 69.9 Å². The van der Waals surface area contributed by atoms with Gasteiger partial charge in [-0.1, -0.05) is 29.8 Å². The van der Waals surface area contributed by atoms with E-state index in [-0.39, 0.29) is 29.9 Å². The number of hydrogen-bond acceptors (Lipinski definition) is 4. The van der Waals surface area contributed by atoms with Crippen LogP contribution in [0.1, 0.15) is 42.2 Å². The lowest BCUT2D eigenvalue weighted by atomic mass is 9.73. The maximum Gasteiger partial charge on any atom is 0.225 e. The molecule has 0 saturated heterocycles. The number of Topliss-reactive ketones (excluding diaryl/α,β-unsaturated/α-hetero) is 1. The second-order valence-electron chi connectivity index (χ2n) is 7.39. The first-order valence-electron chi connectivity index (χ1n) is 9.53. The molecule has 4 rings (SSSR count). The van der Waals surface area contributed by atoms with Gasteiger partial charge in [0.15, 0.2) is 17.3 Å². The standard InChI is InChI=1S/C23H22ClNO4/c1-28-20-7-6-13(11-21(20)29-2)15-9-18-23(19(26)10-15)17(12-22(27)25-18)14-4-3-5-16(24)8-14/h3-8,11,15,17H,9-10,12H2,1-2H3,(H,25,27). The third-order valence-electron chi connectivity index (χ3n) is 5.67. The van der Waals surface area contributed by atoms with E-state index < -0.39 is 0 Å². The Balaban J connectivity index is 1.70. The van der Waals surface area contributed by atoms with Gasteiger partial charge < -0.3 is 14.8 Å². The van der Waals surface area contributed by atoms with Gasteiger partial charge in [0, 0.05) is 35.1 Å². The smallest absolute Gasteiger partial charge is 0.225 e. The van der Waals surface area contributed by atoms with Crippen molar-refractivity contribution in [3.8, 4) is 11.5 Å². The summed E-state index contributed by atoms with van der Waals surface area (Å²) in [6.07, 6.45) is 1.24. The van der Waals surface area contributed by atoms with Crippen LogP contribution in [0.15, 0.2) is 53.7 Å². The van der Waals surface area contributed by atoms with Crippen molar-refractivity contribution in [3.63, 3.8) is 0 Å². The lowest BCUT2D eigenvalue weighted by Crippen LogP contribution is -2.38. The Morgan fingerprint density at radius 3 is 2.45 bits per heavy atom. The topological polar surface area (TPSA) is 64.6 Å². The molecule has 5 nitrogen and oxygen atoms in total. The molecule has 2 aromatic rings. The van der Waals surface area contributed by atoms with Crippen molar-refractivity contribution in [2.75, 3.05) is 14.2 Å². The maximum atomic E-state index is 13.2. The van der Waals surface area contributed by atoms with Crippen LogP contribution in [0.4, 0.5) is 0 Å². The van der Waals surface area contributed by atoms with E-state index in [2.05, 4.69) is 5.32 Å². The molecule has 0 saturated carbocycles. The minimum Gasteiger partial charge on any atom is -0.493 e. The summed E-state index contributed by atoms with van der Waals surface area (Å²) in [6.45, 7) is 0. The number of carbonyl (C=O) groups is 2. The lowest BCUT2D eigenvalue weighted by Gasteiger charge is -2.34. The summed E-state index contributed by atoms with van der Waals surface area (Å²) in [4.78, 5) is 25.6. The second kappa shape index (κ2) is 7.91. The van der Waals surface area contributed by atoms with Gasteiger partial charge in [-0.05, 0) is 47.7 Å². The summed E-state index contributed by atoms with van der Waals surface area (Å²) in [5.74, 6) is 0.980. The van der Waals surface area contributed by atoms with Gasteiger partial charge in [0.05, 0.1) is 14.2 Å². The molecule has 6 heteroatoms. The first-order valence-corrected chi connectivity index (χ1v) is 9.91. The predicted octanol–water partition coefficient (Wildman–Crippen LogP) is 4.36. The molecule has 0 bridgehead atoms. The molecule has 1 amide bonds. The number of halogens is 1. The number of ketones is 1. The molecule has 0 radical (unpaired) electrons. The number of amides is 1. The Labute approximate surface area is 174 Å². The summed E-state index contributed by atoms with van der Waals surface area (Å²) in [5, 5.41) is 3.54. The van der Waals surface area contributed by atoms with Crippen LogP contribution in [0.5, 0.6) is 11.5 Å². The van der Waals surface area contributed by atoms with Crippen molar-refractivity contribution in [2.24, 2.45) is 0 Å². The molecule has 150 valence electrons. The van der Waals surface area contributed by atoms with Gasteiger partial charge in [-0.3, -0.25) is 9.59 Å². The van der Waals surface area contributed by atoms with Crippen LogP contribution >= 0.6 is 11.6 Å². The molecule has 0 spiro atoms. The summed E-state index contributed by atoms with van der Waals surface area (Å²) in [6, 6.07) is 13.1. The highest BCUT2D eigenvalue weighted by atomic mass is 35.5. The predicted molar refractivity (Wildman–Crippen MR) is 111 cm³/mol. The Kier molecular flexibility index (Phi) is 5.33. The first-order chi connectivity index (χ1) is 14.0. The second-order valence-corrected chi connectivity index (χ2v) is 7.83. The third kappa shape index (κ3) is 3.75. The molecular formula is C23H22ClNO4. The van der Waals surface area contributed by atoms with E-state index >= 15 is 0 Å². The van der Waals surface area contributed by atoms with Gasteiger partial charge in [0.2, 0.25) is 5.91 Å². The number of hydrogen-bond donors (Lipinski definition) is 1. The largest absolute Gasteiger partial charge is 0.493 e. The zero-order valence-electron chi connectivity index (χ0n) is 16.3. The van der Waals surface area contributed by atoms with Crippen molar-refractivity contribution in [1.29, 1.82) is 0 Å².